The Balaban J connectivity index is 0.000000791. The highest BCUT2D eigenvalue weighted by Crippen LogP contribution is 2.16. The van der Waals surface area contributed by atoms with Crippen LogP contribution < -0.4 is 5.32 Å². The lowest BCUT2D eigenvalue weighted by Crippen LogP contribution is -1.95. The van der Waals surface area contributed by atoms with Crippen LogP contribution in [0.15, 0.2) is 30.5 Å². The van der Waals surface area contributed by atoms with Gasteiger partial charge >= 0.3 is 0 Å². The molecular formula is C13H21N. The molecule has 0 heterocycles. The van der Waals surface area contributed by atoms with E-state index in [-0.39, 0.29) is 0 Å². The Hall–Kier alpha value is -1.24. The van der Waals surface area contributed by atoms with Crippen molar-refractivity contribution in [1.29, 1.82) is 0 Å². The molecule has 1 N–H and O–H groups in total. The molecule has 1 aromatic rings. The summed E-state index contributed by atoms with van der Waals surface area (Å²) in [5.74, 6) is 0. The van der Waals surface area contributed by atoms with Crippen LogP contribution in [-0.2, 0) is 0 Å². The number of allylic oxidation sites excluding steroid dienone is 1. The largest absolute Gasteiger partial charge is 0.360 e. The van der Waals surface area contributed by atoms with Gasteiger partial charge in [-0.25, -0.2) is 0 Å². The van der Waals surface area contributed by atoms with Gasteiger partial charge in [-0.1, -0.05) is 38.1 Å². The topological polar surface area (TPSA) is 12.0 Å². The van der Waals surface area contributed by atoms with Gasteiger partial charge in [0.2, 0.25) is 0 Å². The Morgan fingerprint density at radius 3 is 2.21 bits per heavy atom. The molecule has 0 aliphatic heterocycles. The van der Waals surface area contributed by atoms with E-state index >= 15 is 0 Å². The molecule has 0 aliphatic carbocycles. The van der Waals surface area contributed by atoms with E-state index in [2.05, 4.69) is 43.9 Å². The van der Waals surface area contributed by atoms with Crippen molar-refractivity contribution in [3.8, 4) is 0 Å². The third kappa shape index (κ3) is 4.13. The van der Waals surface area contributed by atoms with Gasteiger partial charge < -0.3 is 5.32 Å². The molecule has 0 spiro atoms. The van der Waals surface area contributed by atoms with Gasteiger partial charge in [-0.2, -0.15) is 0 Å². The molecule has 1 nitrogen and oxygen atoms in total. The van der Waals surface area contributed by atoms with Gasteiger partial charge in [0, 0.05) is 11.4 Å². The number of benzene rings is 1. The molecule has 1 aromatic carbocycles. The van der Waals surface area contributed by atoms with E-state index in [1.165, 1.54) is 11.1 Å². The first-order valence-corrected chi connectivity index (χ1v) is 5.09. The minimum atomic E-state index is 0.974. The highest BCUT2D eigenvalue weighted by molar-refractivity contribution is 5.54. The third-order valence-electron chi connectivity index (χ3n) is 1.73. The summed E-state index contributed by atoms with van der Waals surface area (Å²) in [5, 5.41) is 3.21. The quantitative estimate of drug-likeness (QED) is 0.736. The first kappa shape index (κ1) is 12.8. The van der Waals surface area contributed by atoms with Crippen molar-refractivity contribution in [3.63, 3.8) is 0 Å². The van der Waals surface area contributed by atoms with Crippen LogP contribution in [0.3, 0.4) is 0 Å². The van der Waals surface area contributed by atoms with Crippen LogP contribution in [0.1, 0.15) is 31.9 Å². The van der Waals surface area contributed by atoms with E-state index in [1.54, 1.807) is 0 Å². The van der Waals surface area contributed by atoms with E-state index in [4.69, 9.17) is 0 Å². The molecule has 0 amide bonds. The summed E-state index contributed by atoms with van der Waals surface area (Å²) in [5.41, 5.74) is 4.67. The second-order valence-electron chi connectivity index (χ2n) is 3.22. The zero-order valence-electron chi connectivity index (χ0n) is 9.94. The number of anilines is 1. The van der Waals surface area contributed by atoms with E-state index in [0.717, 1.165) is 11.4 Å². The van der Waals surface area contributed by atoms with Crippen LogP contribution in [0.2, 0.25) is 0 Å². The van der Waals surface area contributed by atoms with Crippen molar-refractivity contribution in [2.45, 2.75) is 34.6 Å². The van der Waals surface area contributed by atoms with Crippen LogP contribution in [0, 0.1) is 13.8 Å². The van der Waals surface area contributed by atoms with Crippen molar-refractivity contribution < 1.29 is 0 Å². The van der Waals surface area contributed by atoms with Gasteiger partial charge in [-0.3, -0.25) is 0 Å². The fourth-order valence-corrected chi connectivity index (χ4v) is 1.18. The molecule has 14 heavy (non-hydrogen) atoms. The lowest BCUT2D eigenvalue weighted by molar-refractivity contribution is 1.32. The Morgan fingerprint density at radius 1 is 1.21 bits per heavy atom. The maximum absolute atomic E-state index is 3.80. The van der Waals surface area contributed by atoms with Gasteiger partial charge in [0.15, 0.2) is 0 Å². The summed E-state index contributed by atoms with van der Waals surface area (Å²) < 4.78 is 0. The number of nitrogens with one attached hydrogen (secondary N) is 1. The van der Waals surface area contributed by atoms with Crippen molar-refractivity contribution in [2.75, 3.05) is 5.32 Å². The summed E-state index contributed by atoms with van der Waals surface area (Å²) in [6.07, 6.45) is 0. The SMILES string of the molecule is C=C(C)Nc1ccc(C)cc1C.CC. The molecule has 0 saturated carbocycles. The van der Waals surface area contributed by atoms with Crippen LogP contribution in [-0.4, -0.2) is 0 Å². The number of hydrogen-bond acceptors (Lipinski definition) is 1. The van der Waals surface area contributed by atoms with E-state index < -0.39 is 0 Å². The summed E-state index contributed by atoms with van der Waals surface area (Å²) in [4.78, 5) is 0. The van der Waals surface area contributed by atoms with Gasteiger partial charge in [0.1, 0.15) is 0 Å². The van der Waals surface area contributed by atoms with Gasteiger partial charge in [-0.05, 0) is 32.4 Å². The van der Waals surface area contributed by atoms with Crippen molar-refractivity contribution in [1.82, 2.24) is 0 Å². The molecule has 1 heteroatoms. The fraction of sp³-hybridized carbons (Fsp3) is 0.385. The lowest BCUT2D eigenvalue weighted by Gasteiger charge is -2.08. The molecule has 0 bridgehead atoms. The monoisotopic (exact) mass is 191 g/mol. The minimum absolute atomic E-state index is 0.974. The van der Waals surface area contributed by atoms with Crippen LogP contribution >= 0.6 is 0 Å². The molecule has 0 radical (unpaired) electrons. The average molecular weight is 191 g/mol. The Kier molecular flexibility index (Phi) is 5.70. The first-order chi connectivity index (χ1) is 6.59. The highest BCUT2D eigenvalue weighted by Gasteiger charge is 1.96. The third-order valence-corrected chi connectivity index (χ3v) is 1.73. The first-order valence-electron chi connectivity index (χ1n) is 5.09. The smallest absolute Gasteiger partial charge is 0.0411 e. The Labute approximate surface area is 87.9 Å². The number of aryl methyl sites for hydroxylation is 2. The standard InChI is InChI=1S/C11H15N.C2H6/c1-8(2)12-11-6-5-9(3)7-10(11)4;1-2/h5-7,12H,1H2,2-4H3;1-2H3. The van der Waals surface area contributed by atoms with Gasteiger partial charge in [0.25, 0.3) is 0 Å². The Bertz CT molecular complexity index is 300. The molecule has 78 valence electrons. The summed E-state index contributed by atoms with van der Waals surface area (Å²) in [6, 6.07) is 6.34. The van der Waals surface area contributed by atoms with Gasteiger partial charge in [0.05, 0.1) is 0 Å². The average Bonchev–Trinajstić information content (AvgIpc) is 2.13. The van der Waals surface area contributed by atoms with Crippen molar-refractivity contribution >= 4 is 5.69 Å². The zero-order valence-corrected chi connectivity index (χ0v) is 9.94. The predicted octanol–water partition coefficient (Wildman–Crippen LogP) is 4.28. The molecule has 0 fully saturated rings. The summed E-state index contributed by atoms with van der Waals surface area (Å²) >= 11 is 0. The second-order valence-corrected chi connectivity index (χ2v) is 3.22. The normalized spacial score (nSPS) is 8.64. The van der Waals surface area contributed by atoms with Crippen LogP contribution in [0.4, 0.5) is 5.69 Å². The second kappa shape index (κ2) is 6.25. The summed E-state index contributed by atoms with van der Waals surface area (Å²) in [6.45, 7) is 14.0. The van der Waals surface area contributed by atoms with Crippen molar-refractivity contribution in [2.24, 2.45) is 0 Å². The van der Waals surface area contributed by atoms with Crippen LogP contribution in [0.25, 0.3) is 0 Å². The van der Waals surface area contributed by atoms with Crippen molar-refractivity contribution in [3.05, 3.63) is 41.6 Å². The maximum atomic E-state index is 3.80. The predicted molar refractivity (Wildman–Crippen MR) is 65.7 cm³/mol. The lowest BCUT2D eigenvalue weighted by atomic mass is 10.1. The molecule has 0 saturated heterocycles. The zero-order chi connectivity index (χ0) is 11.1. The molecule has 1 rings (SSSR count). The molecule has 0 aromatic heterocycles. The van der Waals surface area contributed by atoms with Gasteiger partial charge in [-0.15, -0.1) is 0 Å². The fourth-order valence-electron chi connectivity index (χ4n) is 1.18. The maximum Gasteiger partial charge on any atom is 0.0411 e. The minimum Gasteiger partial charge on any atom is -0.360 e. The summed E-state index contributed by atoms with van der Waals surface area (Å²) in [7, 11) is 0. The molecular weight excluding hydrogens is 170 g/mol. The molecule has 0 atom stereocenters. The van der Waals surface area contributed by atoms with E-state index in [9.17, 15) is 0 Å². The van der Waals surface area contributed by atoms with E-state index in [1.807, 2.05) is 20.8 Å². The number of rotatable bonds is 2. The van der Waals surface area contributed by atoms with E-state index in [0.29, 0.717) is 0 Å². The molecule has 0 unspecified atom stereocenters. The molecule has 0 aliphatic rings. The van der Waals surface area contributed by atoms with Crippen LogP contribution in [0.5, 0.6) is 0 Å². The number of hydrogen-bond donors (Lipinski definition) is 1. The Morgan fingerprint density at radius 2 is 1.79 bits per heavy atom. The highest BCUT2D eigenvalue weighted by atomic mass is 14.9.